The topological polar surface area (TPSA) is 80.3 Å². The molecule has 1 unspecified atom stereocenters. The Balaban J connectivity index is 4.15. The van der Waals surface area contributed by atoms with Gasteiger partial charge in [0.1, 0.15) is 0 Å². The van der Waals surface area contributed by atoms with Crippen LogP contribution in [0.1, 0.15) is 201 Å². The van der Waals surface area contributed by atoms with Crippen molar-refractivity contribution in [1.82, 2.24) is 9.99 Å². The lowest BCUT2D eigenvalue weighted by molar-refractivity contribution is -0.0385. The van der Waals surface area contributed by atoms with Gasteiger partial charge in [0.05, 0.1) is 19.8 Å². The van der Waals surface area contributed by atoms with Crippen LogP contribution in [0.5, 0.6) is 0 Å². The van der Waals surface area contributed by atoms with Crippen LogP contribution in [-0.2, 0) is 18.6 Å². The monoisotopic (exact) mass is 719 g/mol. The lowest BCUT2D eigenvalue weighted by Gasteiger charge is -2.30. The van der Waals surface area contributed by atoms with Gasteiger partial charge in [-0.05, 0) is 26.9 Å². The quantitative estimate of drug-likeness (QED) is 0.0481. The Labute approximate surface area is 306 Å². The van der Waals surface area contributed by atoms with Crippen molar-refractivity contribution in [2.75, 3.05) is 60.2 Å². The Hall–Kier alpha value is -0.0100. The summed E-state index contributed by atoms with van der Waals surface area (Å²) >= 11 is 0. The van der Waals surface area contributed by atoms with E-state index in [1.165, 1.54) is 167 Å². The predicted octanol–water partition coefficient (Wildman–Crippen LogP) is 12.3. The minimum absolute atomic E-state index is 0.118. The van der Waals surface area contributed by atoms with E-state index in [9.17, 15) is 9.46 Å². The molecule has 0 bridgehead atoms. The molecule has 0 aromatic rings. The smallest absolute Gasteiger partial charge is 0.381 e. The van der Waals surface area contributed by atoms with E-state index in [-0.39, 0.29) is 6.61 Å². The number of ether oxygens (including phenoxy) is 2. The van der Waals surface area contributed by atoms with Crippen LogP contribution in [0, 0.1) is 5.41 Å². The average molecular weight is 719 g/mol. The summed E-state index contributed by atoms with van der Waals surface area (Å²) in [6.45, 7) is 10.1. The van der Waals surface area contributed by atoms with Crippen LogP contribution in [0.2, 0.25) is 0 Å². The highest BCUT2D eigenvalue weighted by atomic mass is 31.2. The SMILES string of the molecule is CCCCCCCCCCCCCCCCOCC(C)(COCCCCCCCCCCCCCCCC)COP(=O)(O)NCCN(C)C. The Kier molecular flexibility index (Phi) is 36.3. The molecule has 0 heterocycles. The molecule has 0 radical (unpaired) electrons. The molecule has 0 saturated carbocycles. The van der Waals surface area contributed by atoms with Crippen molar-refractivity contribution >= 4 is 7.75 Å². The second-order valence-electron chi connectivity index (χ2n) is 15.6. The Morgan fingerprint density at radius 3 is 1.14 bits per heavy atom. The minimum atomic E-state index is -3.89. The molecule has 7 nitrogen and oxygen atoms in total. The molecule has 8 heteroatoms. The average Bonchev–Trinajstić information content (AvgIpc) is 3.07. The summed E-state index contributed by atoms with van der Waals surface area (Å²) in [6.07, 6.45) is 37.6. The second-order valence-corrected chi connectivity index (χ2v) is 17.2. The van der Waals surface area contributed by atoms with Crippen LogP contribution >= 0.6 is 7.75 Å². The van der Waals surface area contributed by atoms with Gasteiger partial charge >= 0.3 is 7.75 Å². The molecule has 0 aliphatic carbocycles. The summed E-state index contributed by atoms with van der Waals surface area (Å²) in [5, 5.41) is 2.68. The van der Waals surface area contributed by atoms with Crippen LogP contribution in [0.4, 0.5) is 0 Å². The van der Waals surface area contributed by atoms with Gasteiger partial charge in [0, 0.05) is 31.7 Å². The van der Waals surface area contributed by atoms with Gasteiger partial charge in [-0.2, -0.15) is 0 Å². The molecular weight excluding hydrogens is 631 g/mol. The number of unbranched alkanes of at least 4 members (excludes halogenated alkanes) is 26. The van der Waals surface area contributed by atoms with Crippen molar-refractivity contribution in [3.8, 4) is 0 Å². The van der Waals surface area contributed by atoms with Crippen LogP contribution in [0.25, 0.3) is 0 Å². The predicted molar refractivity (Wildman–Crippen MR) is 213 cm³/mol. The molecule has 0 aromatic heterocycles. The lowest BCUT2D eigenvalue weighted by atomic mass is 9.94. The minimum Gasteiger partial charge on any atom is -0.381 e. The standard InChI is InChI=1S/C41H87N2O5P/c1-6-8-10-12-14-16-18-20-22-24-26-28-30-32-36-46-38-41(3,40-48-49(44,45)42-34-35-43(4)5)39-47-37-33-31-29-27-25-23-21-19-17-15-13-11-9-7-2/h6-40H2,1-5H3,(H2,42,44,45). The van der Waals surface area contributed by atoms with E-state index in [0.717, 1.165) is 12.8 Å². The molecule has 0 spiro atoms. The third kappa shape index (κ3) is 37.6. The number of hydrogen-bond acceptors (Lipinski definition) is 5. The fraction of sp³-hybridized carbons (Fsp3) is 1.00. The Morgan fingerprint density at radius 1 is 0.531 bits per heavy atom. The zero-order valence-corrected chi connectivity index (χ0v) is 34.6. The summed E-state index contributed by atoms with van der Waals surface area (Å²) in [7, 11) is -0.0109. The summed E-state index contributed by atoms with van der Waals surface area (Å²) in [6, 6.07) is 0. The summed E-state index contributed by atoms with van der Waals surface area (Å²) in [4.78, 5) is 12.3. The van der Waals surface area contributed by atoms with E-state index >= 15 is 0 Å². The van der Waals surface area contributed by atoms with Crippen molar-refractivity contribution in [2.45, 2.75) is 201 Å². The van der Waals surface area contributed by atoms with Gasteiger partial charge in [-0.3, -0.25) is 4.52 Å². The first kappa shape index (κ1) is 49.0. The number of nitrogens with zero attached hydrogens (tertiary/aromatic N) is 1. The molecule has 1 atom stereocenters. The highest BCUT2D eigenvalue weighted by Crippen LogP contribution is 2.39. The van der Waals surface area contributed by atoms with Crippen molar-refractivity contribution in [3.63, 3.8) is 0 Å². The van der Waals surface area contributed by atoms with Gasteiger partial charge in [-0.25, -0.2) is 9.65 Å². The molecule has 0 amide bonds. The zero-order chi connectivity index (χ0) is 36.2. The van der Waals surface area contributed by atoms with E-state index in [1.54, 1.807) is 0 Å². The van der Waals surface area contributed by atoms with Crippen LogP contribution in [0.3, 0.4) is 0 Å². The summed E-state index contributed by atoms with van der Waals surface area (Å²) in [5.41, 5.74) is -0.479. The normalized spacial score (nSPS) is 13.4. The fourth-order valence-electron chi connectivity index (χ4n) is 6.26. The third-order valence-corrected chi connectivity index (χ3v) is 10.7. The Morgan fingerprint density at radius 2 is 0.837 bits per heavy atom. The highest BCUT2D eigenvalue weighted by Gasteiger charge is 2.30. The van der Waals surface area contributed by atoms with Gasteiger partial charge in [0.2, 0.25) is 0 Å². The highest BCUT2D eigenvalue weighted by molar-refractivity contribution is 7.50. The Bertz CT molecular complexity index is 675. The van der Waals surface area contributed by atoms with Gasteiger partial charge in [-0.15, -0.1) is 0 Å². The molecule has 0 saturated heterocycles. The van der Waals surface area contributed by atoms with Crippen molar-refractivity contribution in [2.24, 2.45) is 5.41 Å². The lowest BCUT2D eigenvalue weighted by Crippen LogP contribution is -2.35. The molecule has 0 rings (SSSR count). The maximum atomic E-state index is 12.6. The van der Waals surface area contributed by atoms with E-state index in [0.29, 0.717) is 39.5 Å². The second kappa shape index (κ2) is 36.4. The first-order valence-corrected chi connectivity index (χ1v) is 22.8. The van der Waals surface area contributed by atoms with Crippen molar-refractivity contribution in [1.29, 1.82) is 0 Å². The molecule has 0 aliphatic heterocycles. The summed E-state index contributed by atoms with van der Waals surface area (Å²) < 4.78 is 30.4. The molecule has 0 aliphatic rings. The van der Waals surface area contributed by atoms with Gasteiger partial charge in [0.25, 0.3) is 0 Å². The molecule has 2 N–H and O–H groups in total. The molecular formula is C41H87N2O5P. The zero-order valence-electron chi connectivity index (χ0n) is 33.7. The number of rotatable bonds is 41. The maximum Gasteiger partial charge on any atom is 0.402 e. The van der Waals surface area contributed by atoms with E-state index in [4.69, 9.17) is 14.0 Å². The van der Waals surface area contributed by atoms with Crippen LogP contribution in [0.15, 0.2) is 0 Å². The fourth-order valence-corrected chi connectivity index (χ4v) is 7.22. The number of likely N-dealkylation sites (N-methyl/N-ethyl adjacent to an activating group) is 1. The van der Waals surface area contributed by atoms with Gasteiger partial charge in [-0.1, -0.05) is 188 Å². The van der Waals surface area contributed by atoms with E-state index in [2.05, 4.69) is 18.9 Å². The van der Waals surface area contributed by atoms with Crippen LogP contribution < -0.4 is 5.09 Å². The molecule has 0 aromatic carbocycles. The van der Waals surface area contributed by atoms with Crippen molar-refractivity contribution < 1.29 is 23.5 Å². The largest absolute Gasteiger partial charge is 0.402 e. The van der Waals surface area contributed by atoms with E-state index in [1.807, 2.05) is 25.9 Å². The van der Waals surface area contributed by atoms with E-state index < -0.39 is 13.2 Å². The third-order valence-electron chi connectivity index (χ3n) is 9.64. The summed E-state index contributed by atoms with van der Waals surface area (Å²) in [5.74, 6) is 0. The molecule has 296 valence electrons. The van der Waals surface area contributed by atoms with Gasteiger partial charge < -0.3 is 19.3 Å². The molecule has 49 heavy (non-hydrogen) atoms. The number of nitrogens with one attached hydrogen (secondary N) is 1. The first-order valence-electron chi connectivity index (χ1n) is 21.3. The molecule has 0 fully saturated rings. The van der Waals surface area contributed by atoms with Crippen LogP contribution in [-0.4, -0.2) is 70.0 Å². The van der Waals surface area contributed by atoms with Crippen molar-refractivity contribution in [3.05, 3.63) is 0 Å². The first-order chi connectivity index (χ1) is 23.7. The number of hydrogen-bond donors (Lipinski definition) is 2. The maximum absolute atomic E-state index is 12.6. The van der Waals surface area contributed by atoms with Gasteiger partial charge in [0.15, 0.2) is 0 Å².